The summed E-state index contributed by atoms with van der Waals surface area (Å²) < 4.78 is 38.4. The molecule has 34 heavy (non-hydrogen) atoms. The largest absolute Gasteiger partial charge is 0.493 e. The van der Waals surface area contributed by atoms with Gasteiger partial charge in [-0.25, -0.2) is 13.8 Å². The summed E-state index contributed by atoms with van der Waals surface area (Å²) in [4.78, 5) is 25.0. The summed E-state index contributed by atoms with van der Waals surface area (Å²) in [6.45, 7) is 1.73. The van der Waals surface area contributed by atoms with Crippen molar-refractivity contribution in [1.29, 1.82) is 0 Å². The van der Waals surface area contributed by atoms with E-state index in [4.69, 9.17) is 20.9 Å². The first kappa shape index (κ1) is 23.4. The van der Waals surface area contributed by atoms with Crippen molar-refractivity contribution in [2.75, 3.05) is 51.0 Å². The van der Waals surface area contributed by atoms with E-state index in [0.717, 1.165) is 0 Å². The van der Waals surface area contributed by atoms with Gasteiger partial charge in [-0.2, -0.15) is 4.98 Å². The predicted octanol–water partition coefficient (Wildman–Crippen LogP) is 2.25. The highest BCUT2D eigenvalue weighted by Gasteiger charge is 2.26. The topological polar surface area (TPSA) is 120 Å². The number of benzene rings is 2. The van der Waals surface area contributed by atoms with Gasteiger partial charge in [0.2, 0.25) is 11.9 Å². The zero-order valence-corrected chi connectivity index (χ0v) is 18.9. The van der Waals surface area contributed by atoms with E-state index in [0.29, 0.717) is 37.1 Å². The van der Waals surface area contributed by atoms with Crippen molar-refractivity contribution in [3.63, 3.8) is 0 Å². The van der Waals surface area contributed by atoms with Crippen molar-refractivity contribution < 1.29 is 23.0 Å². The van der Waals surface area contributed by atoms with Crippen LogP contribution in [0.4, 0.5) is 20.5 Å². The van der Waals surface area contributed by atoms with Crippen LogP contribution in [0, 0.1) is 11.6 Å². The highest BCUT2D eigenvalue weighted by Crippen LogP contribution is 2.37. The highest BCUT2D eigenvalue weighted by molar-refractivity contribution is 5.92. The molecular weight excluding hydrogens is 446 g/mol. The molecular formula is C23H26F2N6O3. The highest BCUT2D eigenvalue weighted by atomic mass is 19.1. The second kappa shape index (κ2) is 9.64. The number of carbonyl (C=O) groups is 1. The van der Waals surface area contributed by atoms with Crippen molar-refractivity contribution in [3.8, 4) is 11.5 Å². The number of hydrogen-bond donors (Lipinski definition) is 2. The lowest BCUT2D eigenvalue weighted by molar-refractivity contribution is -0.131. The molecule has 11 heteroatoms. The Kier molecular flexibility index (Phi) is 6.64. The molecule has 3 aromatic rings. The molecule has 9 nitrogen and oxygen atoms in total. The van der Waals surface area contributed by atoms with Crippen LogP contribution in [0.2, 0.25) is 0 Å². The molecule has 2 heterocycles. The molecule has 1 fully saturated rings. The quantitative estimate of drug-likeness (QED) is 0.561. The molecule has 0 aliphatic carbocycles. The van der Waals surface area contributed by atoms with Crippen LogP contribution in [0.5, 0.6) is 11.5 Å². The average molecular weight is 472 g/mol. The summed E-state index contributed by atoms with van der Waals surface area (Å²) in [6, 6.07) is 6.82. The van der Waals surface area contributed by atoms with Crippen LogP contribution >= 0.6 is 0 Å². The van der Waals surface area contributed by atoms with Gasteiger partial charge in [0, 0.05) is 44.0 Å². The standard InChI is InChI=1S/C23H26F2N6O3/c1-33-17-11-15-20(19(25)21(17)34-2)28-23(29-22(15)27)31-9-7-30(8-10-31)18(32)12-16(26)13-3-5-14(24)6-4-13/h3-6,11,16H,7-10,12,26H2,1-2H3,(H2,27,28,29)/t16-/m1/s1. The Bertz CT molecular complexity index is 1200. The van der Waals surface area contributed by atoms with E-state index in [-0.39, 0.29) is 46.9 Å². The van der Waals surface area contributed by atoms with Gasteiger partial charge < -0.3 is 30.7 Å². The number of piperazine rings is 1. The van der Waals surface area contributed by atoms with Crippen molar-refractivity contribution in [2.24, 2.45) is 5.73 Å². The minimum absolute atomic E-state index is 0.0314. The van der Waals surface area contributed by atoms with Gasteiger partial charge in [0.25, 0.3) is 0 Å². The number of methoxy groups -OCH3 is 2. The minimum atomic E-state index is -0.684. The number of nitrogens with two attached hydrogens (primary N) is 2. The fourth-order valence-electron chi connectivity index (χ4n) is 3.98. The Labute approximate surface area is 195 Å². The predicted molar refractivity (Wildman–Crippen MR) is 124 cm³/mol. The number of amides is 1. The van der Waals surface area contributed by atoms with E-state index < -0.39 is 11.9 Å². The van der Waals surface area contributed by atoms with E-state index >= 15 is 4.39 Å². The zero-order valence-electron chi connectivity index (χ0n) is 18.9. The van der Waals surface area contributed by atoms with Gasteiger partial charge in [0.15, 0.2) is 17.3 Å². The molecule has 1 aromatic heterocycles. The Morgan fingerprint density at radius 1 is 1.09 bits per heavy atom. The maximum absolute atomic E-state index is 15.0. The molecule has 0 saturated carbocycles. The summed E-state index contributed by atoms with van der Waals surface area (Å²) in [5.74, 6) is -0.621. The number of fused-ring (bicyclic) bond motifs is 1. The van der Waals surface area contributed by atoms with Gasteiger partial charge in [-0.05, 0) is 23.8 Å². The molecule has 0 unspecified atom stereocenters. The Balaban J connectivity index is 1.46. The number of nitrogens with zero attached hydrogens (tertiary/aromatic N) is 4. The second-order valence-corrected chi connectivity index (χ2v) is 7.96. The summed E-state index contributed by atoms with van der Waals surface area (Å²) in [6.07, 6.45) is 0.109. The van der Waals surface area contributed by atoms with Crippen LogP contribution in [0.3, 0.4) is 0 Å². The SMILES string of the molecule is COc1cc2c(N)nc(N3CCN(C(=O)C[C@@H](N)c4ccc(F)cc4)CC3)nc2c(F)c1OC. The van der Waals surface area contributed by atoms with Gasteiger partial charge in [0.1, 0.15) is 17.2 Å². The fourth-order valence-corrected chi connectivity index (χ4v) is 3.98. The number of ether oxygens (including phenoxy) is 2. The van der Waals surface area contributed by atoms with Crippen LogP contribution in [0.25, 0.3) is 10.9 Å². The van der Waals surface area contributed by atoms with Crippen LogP contribution in [-0.2, 0) is 4.79 Å². The fraction of sp³-hybridized carbons (Fsp3) is 0.348. The Morgan fingerprint density at radius 2 is 1.76 bits per heavy atom. The number of aromatic nitrogens is 2. The zero-order chi connectivity index (χ0) is 24.4. The third-order valence-electron chi connectivity index (χ3n) is 5.90. The van der Waals surface area contributed by atoms with E-state index in [2.05, 4.69) is 9.97 Å². The summed E-state index contributed by atoms with van der Waals surface area (Å²) in [5, 5.41) is 0.322. The molecule has 0 radical (unpaired) electrons. The van der Waals surface area contributed by atoms with Crippen molar-refractivity contribution in [2.45, 2.75) is 12.5 Å². The van der Waals surface area contributed by atoms with E-state index in [1.807, 2.05) is 4.90 Å². The first-order chi connectivity index (χ1) is 16.3. The van der Waals surface area contributed by atoms with Gasteiger partial charge >= 0.3 is 0 Å². The van der Waals surface area contributed by atoms with Crippen LogP contribution in [0.1, 0.15) is 18.0 Å². The Morgan fingerprint density at radius 3 is 2.38 bits per heavy atom. The smallest absolute Gasteiger partial charge is 0.228 e. The van der Waals surface area contributed by atoms with E-state index in [1.54, 1.807) is 17.0 Å². The van der Waals surface area contributed by atoms with Gasteiger partial charge in [0.05, 0.1) is 14.2 Å². The van der Waals surface area contributed by atoms with Crippen LogP contribution < -0.4 is 25.8 Å². The van der Waals surface area contributed by atoms with Gasteiger partial charge in [-0.3, -0.25) is 4.79 Å². The molecule has 0 bridgehead atoms. The van der Waals surface area contributed by atoms with Gasteiger partial charge in [-0.15, -0.1) is 0 Å². The monoisotopic (exact) mass is 472 g/mol. The third-order valence-corrected chi connectivity index (χ3v) is 5.90. The number of nitrogen functional groups attached to an aromatic ring is 1. The molecule has 1 atom stereocenters. The first-order valence-electron chi connectivity index (χ1n) is 10.7. The van der Waals surface area contributed by atoms with Crippen molar-refractivity contribution >= 4 is 28.6 Å². The Hall–Kier alpha value is -3.73. The summed E-state index contributed by atoms with van der Waals surface area (Å²) in [7, 11) is 2.75. The number of rotatable bonds is 6. The molecule has 1 aliphatic rings. The lowest BCUT2D eigenvalue weighted by atomic mass is 10.0. The lowest BCUT2D eigenvalue weighted by Gasteiger charge is -2.35. The summed E-state index contributed by atoms with van der Waals surface area (Å²) in [5.41, 5.74) is 13.0. The maximum Gasteiger partial charge on any atom is 0.228 e. The first-order valence-corrected chi connectivity index (χ1v) is 10.7. The molecule has 0 spiro atoms. The van der Waals surface area contributed by atoms with Crippen molar-refractivity contribution in [1.82, 2.24) is 14.9 Å². The molecule has 1 amide bonds. The number of anilines is 2. The number of carbonyl (C=O) groups excluding carboxylic acids is 1. The van der Waals surface area contributed by atoms with Gasteiger partial charge in [-0.1, -0.05) is 12.1 Å². The number of hydrogen-bond acceptors (Lipinski definition) is 8. The minimum Gasteiger partial charge on any atom is -0.493 e. The van der Waals surface area contributed by atoms with Crippen molar-refractivity contribution in [3.05, 3.63) is 47.5 Å². The molecule has 4 rings (SSSR count). The normalized spacial score (nSPS) is 14.9. The van der Waals surface area contributed by atoms with E-state index in [9.17, 15) is 9.18 Å². The second-order valence-electron chi connectivity index (χ2n) is 7.96. The lowest BCUT2D eigenvalue weighted by Crippen LogP contribution is -2.49. The van der Waals surface area contributed by atoms with Crippen LogP contribution in [-0.4, -0.2) is 61.2 Å². The molecule has 1 aliphatic heterocycles. The van der Waals surface area contributed by atoms with E-state index in [1.165, 1.54) is 32.4 Å². The molecule has 180 valence electrons. The molecule has 4 N–H and O–H groups in total. The van der Waals surface area contributed by atoms with Crippen LogP contribution in [0.15, 0.2) is 30.3 Å². The molecule has 1 saturated heterocycles. The number of halogens is 2. The maximum atomic E-state index is 15.0. The molecule has 2 aromatic carbocycles. The summed E-state index contributed by atoms with van der Waals surface area (Å²) >= 11 is 0. The average Bonchev–Trinajstić information content (AvgIpc) is 2.84. The third kappa shape index (κ3) is 4.51.